The second kappa shape index (κ2) is 7.05. The van der Waals surface area contributed by atoms with E-state index < -0.39 is 35.7 Å². The van der Waals surface area contributed by atoms with Gasteiger partial charge >= 0.3 is 12.4 Å². The summed E-state index contributed by atoms with van der Waals surface area (Å²) in [5.41, 5.74) is -2.13. The van der Waals surface area contributed by atoms with E-state index in [2.05, 4.69) is 15.4 Å². The van der Waals surface area contributed by atoms with Crippen LogP contribution in [0, 0.1) is 0 Å². The molecule has 3 aromatic rings. The fourth-order valence-electron chi connectivity index (χ4n) is 2.90. The van der Waals surface area contributed by atoms with E-state index in [0.717, 1.165) is 19.3 Å². The lowest BCUT2D eigenvalue weighted by Gasteiger charge is -2.17. The number of benzene rings is 1. The molecule has 1 aromatic carbocycles. The summed E-state index contributed by atoms with van der Waals surface area (Å²) >= 11 is 0. The normalized spacial score (nSPS) is 13.5. The Labute approximate surface area is 160 Å². The first kappa shape index (κ1) is 20.6. The summed E-state index contributed by atoms with van der Waals surface area (Å²) in [5, 5.41) is 6.33. The first-order valence-corrected chi connectivity index (χ1v) is 8.26. The summed E-state index contributed by atoms with van der Waals surface area (Å²) in [4.78, 5) is 16.0. The van der Waals surface area contributed by atoms with Crippen molar-refractivity contribution in [2.24, 2.45) is 7.05 Å². The van der Waals surface area contributed by atoms with Gasteiger partial charge in [0.1, 0.15) is 11.4 Å². The maximum Gasteiger partial charge on any atom is 0.433 e. The molecule has 5 nitrogen and oxygen atoms in total. The maximum absolute atomic E-state index is 13.2. The number of halogens is 6. The Morgan fingerprint density at radius 3 is 2.38 bits per heavy atom. The molecule has 0 fully saturated rings. The number of carbonyl (C=O) groups is 1. The second-order valence-electron chi connectivity index (χ2n) is 6.37. The van der Waals surface area contributed by atoms with Crippen LogP contribution in [0.4, 0.5) is 26.3 Å². The topological polar surface area (TPSA) is 59.8 Å². The molecule has 0 radical (unpaired) electrons. The maximum atomic E-state index is 13.2. The molecular weight excluding hydrogens is 402 g/mol. The lowest BCUT2D eigenvalue weighted by molar-refractivity contribution is -0.144. The minimum atomic E-state index is -4.65. The Morgan fingerprint density at radius 1 is 1.07 bits per heavy atom. The van der Waals surface area contributed by atoms with E-state index in [9.17, 15) is 31.1 Å². The standard InChI is InChI=1S/C18H14F6N4O/c1-9(12-8-25-28(2)15(12)18(22,23)24)26-16(29)11-3-5-13-10(7-11)4-6-14(27-13)17(19,20)21/h3-9H,1-2H3,(H,26,29). The third-order valence-corrected chi connectivity index (χ3v) is 4.29. The molecule has 3 rings (SSSR count). The quantitative estimate of drug-likeness (QED) is 0.640. The molecule has 154 valence electrons. The van der Waals surface area contributed by atoms with Gasteiger partial charge in [-0.25, -0.2) is 4.98 Å². The van der Waals surface area contributed by atoms with Gasteiger partial charge in [0.05, 0.1) is 17.8 Å². The van der Waals surface area contributed by atoms with E-state index in [4.69, 9.17) is 0 Å². The van der Waals surface area contributed by atoms with Gasteiger partial charge in [0.2, 0.25) is 0 Å². The number of nitrogens with one attached hydrogen (secondary N) is 1. The Bertz CT molecular complexity index is 1070. The van der Waals surface area contributed by atoms with Gasteiger partial charge in [-0.3, -0.25) is 9.48 Å². The van der Waals surface area contributed by atoms with Crippen LogP contribution in [0.25, 0.3) is 10.9 Å². The zero-order valence-corrected chi connectivity index (χ0v) is 15.1. The van der Waals surface area contributed by atoms with Gasteiger partial charge in [-0.15, -0.1) is 0 Å². The van der Waals surface area contributed by atoms with Crippen molar-refractivity contribution in [1.82, 2.24) is 20.1 Å². The van der Waals surface area contributed by atoms with Crippen molar-refractivity contribution >= 4 is 16.8 Å². The largest absolute Gasteiger partial charge is 0.433 e. The highest BCUT2D eigenvalue weighted by Crippen LogP contribution is 2.34. The molecule has 1 unspecified atom stereocenters. The van der Waals surface area contributed by atoms with Crippen LogP contribution >= 0.6 is 0 Å². The van der Waals surface area contributed by atoms with Crippen molar-refractivity contribution in [1.29, 1.82) is 0 Å². The highest BCUT2D eigenvalue weighted by Gasteiger charge is 2.38. The molecule has 1 atom stereocenters. The third kappa shape index (κ3) is 4.17. The van der Waals surface area contributed by atoms with Gasteiger partial charge in [0.25, 0.3) is 5.91 Å². The third-order valence-electron chi connectivity index (χ3n) is 4.29. The number of aromatic nitrogens is 3. The molecule has 0 aliphatic heterocycles. The predicted octanol–water partition coefficient (Wildman–Crippen LogP) is 4.50. The highest BCUT2D eigenvalue weighted by molar-refractivity contribution is 5.98. The van der Waals surface area contributed by atoms with Gasteiger partial charge in [-0.05, 0) is 31.2 Å². The van der Waals surface area contributed by atoms with E-state index in [0.29, 0.717) is 4.68 Å². The van der Waals surface area contributed by atoms with Crippen LogP contribution in [0.2, 0.25) is 0 Å². The van der Waals surface area contributed by atoms with Crippen LogP contribution in [0.1, 0.15) is 40.3 Å². The number of amides is 1. The van der Waals surface area contributed by atoms with Crippen molar-refractivity contribution in [2.45, 2.75) is 25.3 Å². The van der Waals surface area contributed by atoms with Crippen LogP contribution in [0.15, 0.2) is 36.5 Å². The number of hydrogen-bond donors (Lipinski definition) is 1. The Morgan fingerprint density at radius 2 is 1.76 bits per heavy atom. The number of nitrogens with zero attached hydrogens (tertiary/aromatic N) is 3. The number of carbonyl (C=O) groups excluding carboxylic acids is 1. The molecule has 0 saturated heterocycles. The molecule has 0 aliphatic carbocycles. The monoisotopic (exact) mass is 416 g/mol. The number of fused-ring (bicyclic) bond motifs is 1. The molecule has 0 saturated carbocycles. The fourth-order valence-corrected chi connectivity index (χ4v) is 2.90. The second-order valence-corrected chi connectivity index (χ2v) is 6.37. The lowest BCUT2D eigenvalue weighted by atomic mass is 10.1. The number of rotatable bonds is 3. The highest BCUT2D eigenvalue weighted by atomic mass is 19.4. The summed E-state index contributed by atoms with van der Waals surface area (Å²) in [5.74, 6) is -0.684. The summed E-state index contributed by atoms with van der Waals surface area (Å²) in [6.45, 7) is 1.38. The Kier molecular flexibility index (Phi) is 5.01. The zero-order valence-electron chi connectivity index (χ0n) is 15.1. The Balaban J connectivity index is 1.85. The molecule has 29 heavy (non-hydrogen) atoms. The smallest absolute Gasteiger partial charge is 0.345 e. The summed E-state index contributed by atoms with van der Waals surface area (Å²) in [6.07, 6.45) is -8.22. The zero-order chi connectivity index (χ0) is 21.6. The number of hydrogen-bond acceptors (Lipinski definition) is 3. The van der Waals surface area contributed by atoms with Gasteiger partial charge in [-0.1, -0.05) is 6.07 Å². The van der Waals surface area contributed by atoms with E-state index in [1.807, 2.05) is 0 Å². The van der Waals surface area contributed by atoms with E-state index in [1.165, 1.54) is 31.2 Å². The van der Waals surface area contributed by atoms with Crippen LogP contribution in [0.3, 0.4) is 0 Å². The molecule has 11 heteroatoms. The van der Waals surface area contributed by atoms with Crippen molar-refractivity contribution in [3.8, 4) is 0 Å². The molecule has 2 heterocycles. The van der Waals surface area contributed by atoms with Crippen molar-refractivity contribution in [3.05, 3.63) is 59.0 Å². The summed E-state index contributed by atoms with van der Waals surface area (Å²) in [6, 6.07) is 4.78. The number of pyridine rings is 1. The SMILES string of the molecule is CC(NC(=O)c1ccc2nc(C(F)(F)F)ccc2c1)c1cnn(C)c1C(F)(F)F. The molecule has 0 bridgehead atoms. The van der Waals surface area contributed by atoms with Gasteiger partial charge < -0.3 is 5.32 Å². The van der Waals surface area contributed by atoms with Crippen LogP contribution < -0.4 is 5.32 Å². The summed E-state index contributed by atoms with van der Waals surface area (Å²) < 4.78 is 78.5. The van der Waals surface area contributed by atoms with Gasteiger partial charge in [0.15, 0.2) is 0 Å². The van der Waals surface area contributed by atoms with Crippen molar-refractivity contribution < 1.29 is 31.1 Å². The molecule has 2 aromatic heterocycles. The average Bonchev–Trinajstić information content (AvgIpc) is 3.02. The number of alkyl halides is 6. The average molecular weight is 416 g/mol. The fraction of sp³-hybridized carbons (Fsp3) is 0.278. The minimum absolute atomic E-state index is 0.0380. The lowest BCUT2D eigenvalue weighted by Crippen LogP contribution is -2.28. The van der Waals surface area contributed by atoms with Gasteiger partial charge in [0, 0.05) is 23.6 Å². The van der Waals surface area contributed by atoms with E-state index >= 15 is 0 Å². The molecule has 0 spiro atoms. The minimum Gasteiger partial charge on any atom is -0.345 e. The predicted molar refractivity (Wildman–Crippen MR) is 90.8 cm³/mol. The molecule has 1 N–H and O–H groups in total. The van der Waals surface area contributed by atoms with Crippen LogP contribution in [-0.4, -0.2) is 20.7 Å². The number of aryl methyl sites for hydroxylation is 1. The first-order chi connectivity index (χ1) is 13.4. The van der Waals surface area contributed by atoms with Gasteiger partial charge in [-0.2, -0.15) is 31.4 Å². The molecular formula is C18H14F6N4O. The van der Waals surface area contributed by atoms with Crippen LogP contribution in [0.5, 0.6) is 0 Å². The molecule has 1 amide bonds. The van der Waals surface area contributed by atoms with Crippen molar-refractivity contribution in [2.75, 3.05) is 0 Å². The van der Waals surface area contributed by atoms with E-state index in [-0.39, 0.29) is 22.0 Å². The Hall–Kier alpha value is -3.11. The van der Waals surface area contributed by atoms with Crippen molar-refractivity contribution in [3.63, 3.8) is 0 Å². The first-order valence-electron chi connectivity index (χ1n) is 8.26. The van der Waals surface area contributed by atoms with Crippen LogP contribution in [-0.2, 0) is 19.4 Å². The van der Waals surface area contributed by atoms with E-state index in [1.54, 1.807) is 0 Å². The summed E-state index contributed by atoms with van der Waals surface area (Å²) in [7, 11) is 1.15. The molecule has 0 aliphatic rings.